The number of carbonyl (C=O) groups excluding carboxylic acids is 1. The third kappa shape index (κ3) is 5.42. The highest BCUT2D eigenvalue weighted by atomic mass is 19.1. The molecule has 1 aromatic heterocycles. The number of hydrogen-bond donors (Lipinski definition) is 2. The molecule has 0 radical (unpaired) electrons. The number of hydrazone groups is 1. The zero-order valence-electron chi connectivity index (χ0n) is 16.5. The normalized spacial score (nSPS) is 10.9. The summed E-state index contributed by atoms with van der Waals surface area (Å²) in [6, 6.07) is 24.7. The first kappa shape index (κ1) is 20.0. The van der Waals surface area contributed by atoms with Gasteiger partial charge in [0.05, 0.1) is 11.9 Å². The average Bonchev–Trinajstić information content (AvgIpc) is 3.30. The maximum absolute atomic E-state index is 13.0. The number of amides is 1. The molecule has 6 nitrogen and oxygen atoms in total. The summed E-state index contributed by atoms with van der Waals surface area (Å²) in [4.78, 5) is 12.3. The molecule has 0 unspecified atom stereocenters. The standard InChI is InChI=1S/C24H19FN4O2/c25-20-11-9-19(10-12-20)22-14-23(28-27-22)24(30)29-26-15-18-7-4-8-21(13-18)31-16-17-5-2-1-3-6-17/h1-15H,16H2,(H,27,28)(H,29,30). The fraction of sp³-hybridized carbons (Fsp3) is 0.0417. The van der Waals surface area contributed by atoms with Gasteiger partial charge in [0.2, 0.25) is 0 Å². The van der Waals surface area contributed by atoms with Gasteiger partial charge in [-0.25, -0.2) is 9.82 Å². The van der Waals surface area contributed by atoms with Crippen molar-refractivity contribution in [3.8, 4) is 17.0 Å². The lowest BCUT2D eigenvalue weighted by atomic mass is 10.1. The zero-order chi connectivity index (χ0) is 21.5. The molecule has 0 fully saturated rings. The van der Waals surface area contributed by atoms with Crippen molar-refractivity contribution in [1.29, 1.82) is 0 Å². The van der Waals surface area contributed by atoms with Crippen LogP contribution in [0.1, 0.15) is 21.6 Å². The van der Waals surface area contributed by atoms with E-state index in [2.05, 4.69) is 20.7 Å². The molecule has 0 spiro atoms. The van der Waals surface area contributed by atoms with Gasteiger partial charge in [0, 0.05) is 5.56 Å². The molecular weight excluding hydrogens is 395 g/mol. The van der Waals surface area contributed by atoms with Gasteiger partial charge in [0.25, 0.3) is 5.91 Å². The second kappa shape index (κ2) is 9.49. The van der Waals surface area contributed by atoms with Crippen molar-refractivity contribution in [3.63, 3.8) is 0 Å². The van der Waals surface area contributed by atoms with E-state index >= 15 is 0 Å². The number of rotatable bonds is 7. The topological polar surface area (TPSA) is 79.4 Å². The lowest BCUT2D eigenvalue weighted by molar-refractivity contribution is 0.0950. The van der Waals surface area contributed by atoms with Crippen LogP contribution in [-0.4, -0.2) is 22.3 Å². The highest BCUT2D eigenvalue weighted by Crippen LogP contribution is 2.18. The first-order valence-electron chi connectivity index (χ1n) is 9.59. The average molecular weight is 414 g/mol. The summed E-state index contributed by atoms with van der Waals surface area (Å²) in [5.74, 6) is -0.0636. The van der Waals surface area contributed by atoms with E-state index in [9.17, 15) is 9.18 Å². The Balaban J connectivity index is 1.34. The molecule has 0 aliphatic heterocycles. The Bertz CT molecular complexity index is 1190. The van der Waals surface area contributed by atoms with Gasteiger partial charge >= 0.3 is 0 Å². The summed E-state index contributed by atoms with van der Waals surface area (Å²) >= 11 is 0. The van der Waals surface area contributed by atoms with Gasteiger partial charge in [-0.15, -0.1) is 0 Å². The Kier molecular flexibility index (Phi) is 6.13. The summed E-state index contributed by atoms with van der Waals surface area (Å²) in [6.07, 6.45) is 1.53. The van der Waals surface area contributed by atoms with Crippen LogP contribution in [0.2, 0.25) is 0 Å². The first-order valence-corrected chi connectivity index (χ1v) is 9.59. The van der Waals surface area contributed by atoms with Gasteiger partial charge in [0.15, 0.2) is 0 Å². The number of ether oxygens (including phenoxy) is 1. The molecule has 3 aromatic carbocycles. The quantitative estimate of drug-likeness (QED) is 0.344. The summed E-state index contributed by atoms with van der Waals surface area (Å²) in [5, 5.41) is 10.7. The van der Waals surface area contributed by atoms with Gasteiger partial charge in [0.1, 0.15) is 23.9 Å². The number of H-pyrrole nitrogens is 1. The van der Waals surface area contributed by atoms with Crippen LogP contribution >= 0.6 is 0 Å². The number of nitrogens with zero attached hydrogens (tertiary/aromatic N) is 2. The van der Waals surface area contributed by atoms with Gasteiger partial charge < -0.3 is 4.74 Å². The minimum absolute atomic E-state index is 0.247. The minimum atomic E-state index is -0.436. The molecule has 1 amide bonds. The van der Waals surface area contributed by atoms with Crippen LogP contribution in [0.25, 0.3) is 11.3 Å². The van der Waals surface area contributed by atoms with Gasteiger partial charge in [-0.05, 0) is 53.6 Å². The highest BCUT2D eigenvalue weighted by molar-refractivity contribution is 5.94. The smallest absolute Gasteiger partial charge is 0.289 e. The largest absolute Gasteiger partial charge is 0.489 e. The van der Waals surface area contributed by atoms with E-state index in [1.165, 1.54) is 18.3 Å². The summed E-state index contributed by atoms with van der Waals surface area (Å²) in [5.41, 5.74) is 5.80. The number of carbonyl (C=O) groups is 1. The minimum Gasteiger partial charge on any atom is -0.489 e. The van der Waals surface area contributed by atoms with E-state index in [0.717, 1.165) is 11.1 Å². The van der Waals surface area contributed by atoms with Crippen LogP contribution in [-0.2, 0) is 6.61 Å². The lowest BCUT2D eigenvalue weighted by Crippen LogP contribution is -2.18. The van der Waals surface area contributed by atoms with Gasteiger partial charge in [-0.3, -0.25) is 9.89 Å². The SMILES string of the molecule is O=C(NN=Cc1cccc(OCc2ccccc2)c1)c1cc(-c2ccc(F)cc2)n[nH]1. The predicted molar refractivity (Wildman–Crippen MR) is 116 cm³/mol. The first-order chi connectivity index (χ1) is 15.2. The molecule has 154 valence electrons. The van der Waals surface area contributed by atoms with E-state index in [-0.39, 0.29) is 11.5 Å². The van der Waals surface area contributed by atoms with Gasteiger partial charge in [-0.1, -0.05) is 42.5 Å². The lowest BCUT2D eigenvalue weighted by Gasteiger charge is -2.06. The van der Waals surface area contributed by atoms with Crippen LogP contribution in [0.15, 0.2) is 90.0 Å². The molecule has 0 atom stereocenters. The fourth-order valence-electron chi connectivity index (χ4n) is 2.86. The van der Waals surface area contributed by atoms with E-state index in [1.807, 2.05) is 54.6 Å². The van der Waals surface area contributed by atoms with Crippen molar-refractivity contribution in [3.05, 3.63) is 108 Å². The molecule has 0 saturated heterocycles. The predicted octanol–water partition coefficient (Wildman–Crippen LogP) is 4.56. The van der Waals surface area contributed by atoms with E-state index in [1.54, 1.807) is 18.2 Å². The Morgan fingerprint density at radius 2 is 1.84 bits per heavy atom. The number of hydrogen-bond acceptors (Lipinski definition) is 4. The molecule has 1 heterocycles. The zero-order valence-corrected chi connectivity index (χ0v) is 16.5. The third-order valence-corrected chi connectivity index (χ3v) is 4.45. The number of halogens is 1. The van der Waals surface area contributed by atoms with Crippen molar-refractivity contribution in [2.45, 2.75) is 6.61 Å². The highest BCUT2D eigenvalue weighted by Gasteiger charge is 2.10. The maximum atomic E-state index is 13.0. The molecule has 0 aliphatic carbocycles. The van der Waals surface area contributed by atoms with Crippen LogP contribution in [0.3, 0.4) is 0 Å². The second-order valence-corrected chi connectivity index (χ2v) is 6.72. The van der Waals surface area contributed by atoms with Crippen molar-refractivity contribution in [2.24, 2.45) is 5.10 Å². The Morgan fingerprint density at radius 1 is 1.03 bits per heavy atom. The second-order valence-electron chi connectivity index (χ2n) is 6.72. The van der Waals surface area contributed by atoms with Crippen molar-refractivity contribution in [1.82, 2.24) is 15.6 Å². The number of aromatic nitrogens is 2. The summed E-state index contributed by atoms with van der Waals surface area (Å²) in [6.45, 7) is 0.467. The third-order valence-electron chi connectivity index (χ3n) is 4.45. The molecule has 2 N–H and O–H groups in total. The number of aromatic amines is 1. The molecule has 4 rings (SSSR count). The molecular formula is C24H19FN4O2. The van der Waals surface area contributed by atoms with Crippen LogP contribution in [0.5, 0.6) is 5.75 Å². The van der Waals surface area contributed by atoms with Crippen molar-refractivity contribution >= 4 is 12.1 Å². The van der Waals surface area contributed by atoms with E-state index in [0.29, 0.717) is 23.6 Å². The maximum Gasteiger partial charge on any atom is 0.289 e. The van der Waals surface area contributed by atoms with Gasteiger partial charge in [-0.2, -0.15) is 10.2 Å². The summed E-state index contributed by atoms with van der Waals surface area (Å²) in [7, 11) is 0. The molecule has 4 aromatic rings. The van der Waals surface area contributed by atoms with E-state index in [4.69, 9.17) is 4.74 Å². The monoisotopic (exact) mass is 414 g/mol. The summed E-state index contributed by atoms with van der Waals surface area (Å²) < 4.78 is 18.8. The molecule has 31 heavy (non-hydrogen) atoms. The molecule has 0 bridgehead atoms. The fourth-order valence-corrected chi connectivity index (χ4v) is 2.86. The van der Waals surface area contributed by atoms with Crippen molar-refractivity contribution in [2.75, 3.05) is 0 Å². The Morgan fingerprint density at radius 3 is 2.65 bits per heavy atom. The number of nitrogens with one attached hydrogen (secondary N) is 2. The molecule has 7 heteroatoms. The molecule has 0 saturated carbocycles. The van der Waals surface area contributed by atoms with Crippen molar-refractivity contribution < 1.29 is 13.9 Å². The number of benzene rings is 3. The van der Waals surface area contributed by atoms with Crippen LogP contribution in [0, 0.1) is 5.82 Å². The van der Waals surface area contributed by atoms with Crippen LogP contribution < -0.4 is 10.2 Å². The van der Waals surface area contributed by atoms with E-state index < -0.39 is 5.91 Å². The Labute approximate surface area is 178 Å². The Hall–Kier alpha value is -4.26. The van der Waals surface area contributed by atoms with Crippen LogP contribution in [0.4, 0.5) is 4.39 Å². The molecule has 0 aliphatic rings.